The van der Waals surface area contributed by atoms with Gasteiger partial charge in [-0.3, -0.25) is 4.79 Å². The van der Waals surface area contributed by atoms with E-state index in [9.17, 15) is 9.90 Å². The molecule has 1 heterocycles. The standard InChI is InChI=1S/C13H18N2O2.ClH/c1-2-10-3-4-12(16)11(9-10)13(17)15-7-5-14-6-8-15;/h3-4,9,14,16H,2,5-8H2,1H3;1H. The number of nitrogens with one attached hydrogen (secondary N) is 1. The third-order valence-electron chi connectivity index (χ3n) is 3.10. The van der Waals surface area contributed by atoms with E-state index in [4.69, 9.17) is 0 Å². The van der Waals surface area contributed by atoms with Crippen LogP contribution < -0.4 is 5.32 Å². The number of carbonyl (C=O) groups excluding carboxylic acids is 1. The Bertz CT molecular complexity index is 417. The lowest BCUT2D eigenvalue weighted by Crippen LogP contribution is -2.46. The third-order valence-corrected chi connectivity index (χ3v) is 3.10. The van der Waals surface area contributed by atoms with Crippen LogP contribution in [0.3, 0.4) is 0 Å². The second-order valence-corrected chi connectivity index (χ2v) is 4.25. The molecule has 0 unspecified atom stereocenters. The Balaban J connectivity index is 0.00000162. The molecule has 1 aliphatic rings. The van der Waals surface area contributed by atoms with Crippen LogP contribution in [0.25, 0.3) is 0 Å². The first-order valence-electron chi connectivity index (χ1n) is 6.04. The zero-order chi connectivity index (χ0) is 12.3. The first-order chi connectivity index (χ1) is 8.22. The van der Waals surface area contributed by atoms with Gasteiger partial charge in [0.2, 0.25) is 0 Å². The van der Waals surface area contributed by atoms with Crippen LogP contribution in [-0.2, 0) is 6.42 Å². The number of amides is 1. The van der Waals surface area contributed by atoms with Gasteiger partial charge in [-0.2, -0.15) is 0 Å². The fraction of sp³-hybridized carbons (Fsp3) is 0.462. The number of aromatic hydroxyl groups is 1. The van der Waals surface area contributed by atoms with Crippen LogP contribution in [0, 0.1) is 0 Å². The van der Waals surface area contributed by atoms with Crippen molar-refractivity contribution in [2.75, 3.05) is 26.2 Å². The average molecular weight is 271 g/mol. The molecule has 1 saturated heterocycles. The van der Waals surface area contributed by atoms with Gasteiger partial charge in [-0.05, 0) is 24.1 Å². The van der Waals surface area contributed by atoms with Crippen molar-refractivity contribution in [1.29, 1.82) is 0 Å². The van der Waals surface area contributed by atoms with Crippen LogP contribution >= 0.6 is 12.4 Å². The first-order valence-corrected chi connectivity index (χ1v) is 6.04. The van der Waals surface area contributed by atoms with Crippen molar-refractivity contribution < 1.29 is 9.90 Å². The fourth-order valence-corrected chi connectivity index (χ4v) is 2.01. The van der Waals surface area contributed by atoms with Crippen LogP contribution in [0.4, 0.5) is 0 Å². The minimum Gasteiger partial charge on any atom is -0.507 e. The highest BCUT2D eigenvalue weighted by molar-refractivity contribution is 5.97. The SMILES string of the molecule is CCc1ccc(O)c(C(=O)N2CCNCC2)c1.Cl. The van der Waals surface area contributed by atoms with E-state index in [0.29, 0.717) is 18.7 Å². The maximum absolute atomic E-state index is 12.2. The largest absolute Gasteiger partial charge is 0.507 e. The molecule has 1 aliphatic heterocycles. The van der Waals surface area contributed by atoms with E-state index >= 15 is 0 Å². The normalized spacial score (nSPS) is 15.1. The molecule has 0 saturated carbocycles. The topological polar surface area (TPSA) is 52.6 Å². The van der Waals surface area contributed by atoms with Gasteiger partial charge >= 0.3 is 0 Å². The highest BCUT2D eigenvalue weighted by Gasteiger charge is 2.20. The van der Waals surface area contributed by atoms with Gasteiger partial charge in [-0.25, -0.2) is 0 Å². The highest BCUT2D eigenvalue weighted by Crippen LogP contribution is 2.20. The van der Waals surface area contributed by atoms with Gasteiger partial charge in [-0.1, -0.05) is 13.0 Å². The molecule has 2 N–H and O–H groups in total. The molecule has 1 amide bonds. The molecule has 0 aliphatic carbocycles. The van der Waals surface area contributed by atoms with Gasteiger partial charge in [0.05, 0.1) is 5.56 Å². The lowest BCUT2D eigenvalue weighted by molar-refractivity contribution is 0.0732. The van der Waals surface area contributed by atoms with Crippen molar-refractivity contribution in [1.82, 2.24) is 10.2 Å². The molecule has 0 aromatic heterocycles. The number of benzene rings is 1. The van der Waals surface area contributed by atoms with Gasteiger partial charge in [0.25, 0.3) is 5.91 Å². The third kappa shape index (κ3) is 3.15. The first kappa shape index (κ1) is 14.8. The Morgan fingerprint density at radius 1 is 1.39 bits per heavy atom. The molecule has 18 heavy (non-hydrogen) atoms. The molecule has 1 aromatic rings. The maximum atomic E-state index is 12.2. The lowest BCUT2D eigenvalue weighted by atomic mass is 10.1. The number of phenolic OH excluding ortho intramolecular Hbond substituents is 1. The monoisotopic (exact) mass is 270 g/mol. The summed E-state index contributed by atoms with van der Waals surface area (Å²) < 4.78 is 0. The summed E-state index contributed by atoms with van der Waals surface area (Å²) in [5.41, 5.74) is 1.49. The minimum atomic E-state index is -0.0701. The van der Waals surface area contributed by atoms with Crippen molar-refractivity contribution in [2.45, 2.75) is 13.3 Å². The Morgan fingerprint density at radius 2 is 2.06 bits per heavy atom. The predicted molar refractivity (Wildman–Crippen MR) is 73.5 cm³/mol. The Labute approximate surface area is 113 Å². The fourth-order valence-electron chi connectivity index (χ4n) is 2.01. The number of rotatable bonds is 2. The zero-order valence-corrected chi connectivity index (χ0v) is 11.3. The second-order valence-electron chi connectivity index (χ2n) is 4.25. The van der Waals surface area contributed by atoms with Gasteiger partial charge in [0, 0.05) is 26.2 Å². The van der Waals surface area contributed by atoms with Crippen molar-refractivity contribution in [3.63, 3.8) is 0 Å². The number of nitrogens with zero attached hydrogens (tertiary/aromatic N) is 1. The van der Waals surface area contributed by atoms with Gasteiger partial charge < -0.3 is 15.3 Å². The van der Waals surface area contributed by atoms with Crippen LogP contribution in [0.5, 0.6) is 5.75 Å². The van der Waals surface area contributed by atoms with Crippen LogP contribution in [-0.4, -0.2) is 42.1 Å². The van der Waals surface area contributed by atoms with Gasteiger partial charge in [-0.15, -0.1) is 12.4 Å². The van der Waals surface area contributed by atoms with Gasteiger partial charge in [0.15, 0.2) is 0 Å². The van der Waals surface area contributed by atoms with E-state index in [1.165, 1.54) is 0 Å². The number of phenols is 1. The summed E-state index contributed by atoms with van der Waals surface area (Å²) in [4.78, 5) is 14.0. The number of aryl methyl sites for hydroxylation is 1. The molecule has 0 radical (unpaired) electrons. The number of hydrogen-bond donors (Lipinski definition) is 2. The molecular weight excluding hydrogens is 252 g/mol. The van der Waals surface area contributed by atoms with Crippen LogP contribution in [0.2, 0.25) is 0 Å². The molecule has 0 bridgehead atoms. The summed E-state index contributed by atoms with van der Waals surface area (Å²) >= 11 is 0. The summed E-state index contributed by atoms with van der Waals surface area (Å²) in [6.07, 6.45) is 0.863. The summed E-state index contributed by atoms with van der Waals surface area (Å²) in [6, 6.07) is 5.25. The summed E-state index contributed by atoms with van der Waals surface area (Å²) in [6.45, 7) is 5.08. The highest BCUT2D eigenvalue weighted by atomic mass is 35.5. The van der Waals surface area contributed by atoms with E-state index in [-0.39, 0.29) is 24.1 Å². The van der Waals surface area contributed by atoms with Crippen molar-refractivity contribution in [3.05, 3.63) is 29.3 Å². The van der Waals surface area contributed by atoms with E-state index < -0.39 is 0 Å². The van der Waals surface area contributed by atoms with Crippen molar-refractivity contribution in [2.24, 2.45) is 0 Å². The predicted octanol–water partition coefficient (Wildman–Crippen LogP) is 1.42. The number of piperazine rings is 1. The molecule has 4 nitrogen and oxygen atoms in total. The smallest absolute Gasteiger partial charge is 0.257 e. The number of carbonyl (C=O) groups is 1. The second kappa shape index (κ2) is 6.61. The molecule has 5 heteroatoms. The molecule has 1 aromatic carbocycles. The Kier molecular flexibility index (Phi) is 5.44. The summed E-state index contributed by atoms with van der Waals surface area (Å²) in [5, 5.41) is 13.0. The van der Waals surface area contributed by atoms with E-state index in [1.807, 2.05) is 13.0 Å². The van der Waals surface area contributed by atoms with Crippen LogP contribution in [0.15, 0.2) is 18.2 Å². The van der Waals surface area contributed by atoms with Crippen molar-refractivity contribution in [3.8, 4) is 5.75 Å². The molecule has 100 valence electrons. The van der Waals surface area contributed by atoms with Crippen molar-refractivity contribution >= 4 is 18.3 Å². The van der Waals surface area contributed by atoms with Crippen LogP contribution in [0.1, 0.15) is 22.8 Å². The lowest BCUT2D eigenvalue weighted by Gasteiger charge is -2.27. The van der Waals surface area contributed by atoms with E-state index in [1.54, 1.807) is 17.0 Å². The Hall–Kier alpha value is -1.26. The zero-order valence-electron chi connectivity index (χ0n) is 10.5. The minimum absolute atomic E-state index is 0. The quantitative estimate of drug-likeness (QED) is 0.855. The van der Waals surface area contributed by atoms with E-state index in [0.717, 1.165) is 25.1 Å². The maximum Gasteiger partial charge on any atom is 0.257 e. The van der Waals surface area contributed by atoms with E-state index in [2.05, 4.69) is 5.32 Å². The molecular formula is C13H19ClN2O2. The molecule has 2 rings (SSSR count). The average Bonchev–Trinajstić information content (AvgIpc) is 2.39. The molecule has 0 spiro atoms. The molecule has 1 fully saturated rings. The number of hydrogen-bond acceptors (Lipinski definition) is 3. The Morgan fingerprint density at radius 3 is 2.67 bits per heavy atom. The van der Waals surface area contributed by atoms with Gasteiger partial charge in [0.1, 0.15) is 5.75 Å². The summed E-state index contributed by atoms with van der Waals surface area (Å²) in [7, 11) is 0. The molecule has 0 atom stereocenters. The summed E-state index contributed by atoms with van der Waals surface area (Å²) in [5.74, 6) is 0.00466. The number of halogens is 1.